The van der Waals surface area contributed by atoms with Gasteiger partial charge in [0.15, 0.2) is 12.9 Å². The van der Waals surface area contributed by atoms with Crippen LogP contribution in [0.15, 0.2) is 18.2 Å². The highest BCUT2D eigenvalue weighted by Gasteiger charge is 2.14. The first kappa shape index (κ1) is 14.5. The number of carbonyl (C=O) groups excluding carboxylic acids is 2. The minimum Gasteiger partial charge on any atom is -0.481 e. The predicted octanol–water partition coefficient (Wildman–Crippen LogP) is 2.40. The average molecular weight is 270 g/mol. The fourth-order valence-electron chi connectivity index (χ4n) is 1.29. The highest BCUT2D eigenvalue weighted by molar-refractivity contribution is 6.32. The maximum Gasteiger partial charge on any atom is 0.260 e. The minimum absolute atomic E-state index is 0.0953. The van der Waals surface area contributed by atoms with Crippen LogP contribution in [0.1, 0.15) is 24.2 Å². The van der Waals surface area contributed by atoms with Gasteiger partial charge in [0.1, 0.15) is 5.75 Å². The van der Waals surface area contributed by atoms with E-state index in [2.05, 4.69) is 0 Å². The van der Waals surface area contributed by atoms with Gasteiger partial charge in [-0.3, -0.25) is 9.59 Å². The molecule has 5 heteroatoms. The van der Waals surface area contributed by atoms with E-state index in [0.717, 1.165) is 0 Å². The molecule has 4 nitrogen and oxygen atoms in total. The predicted molar refractivity (Wildman–Crippen MR) is 70.2 cm³/mol. The van der Waals surface area contributed by atoms with Crippen LogP contribution in [0, 0.1) is 0 Å². The number of ether oxygens (including phenoxy) is 1. The summed E-state index contributed by atoms with van der Waals surface area (Å²) in [4.78, 5) is 24.1. The first-order chi connectivity index (χ1) is 8.47. The van der Waals surface area contributed by atoms with Crippen molar-refractivity contribution < 1.29 is 14.3 Å². The number of para-hydroxylation sites is 1. The molecule has 1 aromatic carbocycles. The summed E-state index contributed by atoms with van der Waals surface area (Å²) < 4.78 is 5.34. The van der Waals surface area contributed by atoms with Crippen LogP contribution in [-0.4, -0.2) is 36.8 Å². The van der Waals surface area contributed by atoms with Crippen LogP contribution in [0.3, 0.4) is 0 Å². The smallest absolute Gasteiger partial charge is 0.260 e. The first-order valence-electron chi connectivity index (χ1n) is 5.59. The molecule has 0 heterocycles. The van der Waals surface area contributed by atoms with E-state index in [1.54, 1.807) is 30.1 Å². The van der Waals surface area contributed by atoms with E-state index < -0.39 is 0 Å². The summed E-state index contributed by atoms with van der Waals surface area (Å²) in [5.74, 6) is 0.0847. The lowest BCUT2D eigenvalue weighted by Crippen LogP contribution is -2.36. The van der Waals surface area contributed by atoms with Gasteiger partial charge in [-0.15, -0.1) is 0 Å². The number of halogens is 1. The Hall–Kier alpha value is -1.55. The van der Waals surface area contributed by atoms with E-state index in [9.17, 15) is 9.59 Å². The standard InChI is InChI=1S/C13H16ClNO3/c1-9(2)15(3)12(17)8-18-13-10(7-16)5-4-6-11(13)14/h4-7,9H,8H2,1-3H3. The van der Waals surface area contributed by atoms with Gasteiger partial charge < -0.3 is 9.64 Å². The molecule has 0 aliphatic heterocycles. The Bertz CT molecular complexity index is 446. The molecule has 0 N–H and O–H groups in total. The van der Waals surface area contributed by atoms with Crippen molar-refractivity contribution in [2.24, 2.45) is 0 Å². The van der Waals surface area contributed by atoms with Gasteiger partial charge in [-0.25, -0.2) is 0 Å². The minimum atomic E-state index is -0.165. The molecule has 18 heavy (non-hydrogen) atoms. The molecule has 0 atom stereocenters. The van der Waals surface area contributed by atoms with E-state index in [1.165, 1.54) is 0 Å². The van der Waals surface area contributed by atoms with E-state index in [0.29, 0.717) is 16.9 Å². The number of nitrogens with zero attached hydrogens (tertiary/aromatic N) is 1. The Morgan fingerprint density at radius 3 is 2.72 bits per heavy atom. The molecule has 0 unspecified atom stereocenters. The lowest BCUT2D eigenvalue weighted by atomic mass is 10.2. The summed E-state index contributed by atoms with van der Waals surface area (Å²) >= 11 is 5.92. The third-order valence-corrected chi connectivity index (χ3v) is 2.93. The molecule has 0 aliphatic rings. The van der Waals surface area contributed by atoms with E-state index in [4.69, 9.17) is 16.3 Å². The molecule has 98 valence electrons. The molecular formula is C13H16ClNO3. The van der Waals surface area contributed by atoms with Crippen molar-refractivity contribution in [1.29, 1.82) is 0 Å². The number of likely N-dealkylation sites (N-methyl/N-ethyl adjacent to an activating group) is 1. The molecule has 1 aromatic rings. The summed E-state index contributed by atoms with van der Waals surface area (Å²) in [7, 11) is 1.70. The number of amides is 1. The second kappa shape index (κ2) is 6.40. The first-order valence-corrected chi connectivity index (χ1v) is 5.97. The molecular weight excluding hydrogens is 254 g/mol. The van der Waals surface area contributed by atoms with Crippen LogP contribution >= 0.6 is 11.6 Å². The van der Waals surface area contributed by atoms with Crippen molar-refractivity contribution in [2.45, 2.75) is 19.9 Å². The molecule has 0 spiro atoms. The van der Waals surface area contributed by atoms with Crippen molar-refractivity contribution in [3.05, 3.63) is 28.8 Å². The monoisotopic (exact) mass is 269 g/mol. The Balaban J connectivity index is 2.75. The zero-order valence-corrected chi connectivity index (χ0v) is 11.4. The van der Waals surface area contributed by atoms with Crippen molar-refractivity contribution in [3.8, 4) is 5.75 Å². The summed E-state index contributed by atoms with van der Waals surface area (Å²) in [6.45, 7) is 3.67. The molecule has 1 amide bonds. The van der Waals surface area contributed by atoms with Gasteiger partial charge in [0.05, 0.1) is 10.6 Å². The van der Waals surface area contributed by atoms with Crippen molar-refractivity contribution >= 4 is 23.8 Å². The Labute approximate surface area is 111 Å². The molecule has 0 aromatic heterocycles. The quantitative estimate of drug-likeness (QED) is 0.771. The molecule has 0 aliphatic carbocycles. The number of hydrogen-bond donors (Lipinski definition) is 0. The van der Waals surface area contributed by atoms with Crippen LogP contribution in [0.2, 0.25) is 5.02 Å². The van der Waals surface area contributed by atoms with Gasteiger partial charge in [0.2, 0.25) is 0 Å². The summed E-state index contributed by atoms with van der Waals surface area (Å²) in [5.41, 5.74) is 0.336. The van der Waals surface area contributed by atoms with E-state index in [-0.39, 0.29) is 24.3 Å². The van der Waals surface area contributed by atoms with Crippen LogP contribution in [-0.2, 0) is 4.79 Å². The molecule has 0 saturated heterocycles. The molecule has 1 rings (SSSR count). The normalized spacial score (nSPS) is 10.3. The molecule has 0 fully saturated rings. The van der Waals surface area contributed by atoms with Gasteiger partial charge in [-0.05, 0) is 26.0 Å². The number of benzene rings is 1. The molecule has 0 bridgehead atoms. The highest BCUT2D eigenvalue weighted by Crippen LogP contribution is 2.27. The number of hydrogen-bond acceptors (Lipinski definition) is 3. The largest absolute Gasteiger partial charge is 0.481 e. The maximum atomic E-state index is 11.7. The third-order valence-electron chi connectivity index (χ3n) is 2.63. The van der Waals surface area contributed by atoms with E-state index in [1.807, 2.05) is 13.8 Å². The van der Waals surface area contributed by atoms with Crippen LogP contribution < -0.4 is 4.74 Å². The van der Waals surface area contributed by atoms with Crippen LogP contribution in [0.5, 0.6) is 5.75 Å². The van der Waals surface area contributed by atoms with Gasteiger partial charge in [-0.1, -0.05) is 17.7 Å². The van der Waals surface area contributed by atoms with Crippen molar-refractivity contribution in [1.82, 2.24) is 4.90 Å². The lowest BCUT2D eigenvalue weighted by Gasteiger charge is -2.21. The lowest BCUT2D eigenvalue weighted by molar-refractivity contribution is -0.133. The fourth-order valence-corrected chi connectivity index (χ4v) is 1.53. The SMILES string of the molecule is CC(C)N(C)C(=O)COc1c(Cl)cccc1C=O. The number of carbonyl (C=O) groups is 2. The fraction of sp³-hybridized carbons (Fsp3) is 0.385. The zero-order chi connectivity index (χ0) is 13.7. The zero-order valence-electron chi connectivity index (χ0n) is 10.6. The van der Waals surface area contributed by atoms with Gasteiger partial charge in [-0.2, -0.15) is 0 Å². The number of rotatable bonds is 5. The van der Waals surface area contributed by atoms with E-state index >= 15 is 0 Å². The van der Waals surface area contributed by atoms with Crippen LogP contribution in [0.25, 0.3) is 0 Å². The molecule has 0 radical (unpaired) electrons. The molecule has 0 saturated carbocycles. The van der Waals surface area contributed by atoms with Crippen molar-refractivity contribution in [2.75, 3.05) is 13.7 Å². The highest BCUT2D eigenvalue weighted by atomic mass is 35.5. The topological polar surface area (TPSA) is 46.6 Å². The second-order valence-corrected chi connectivity index (χ2v) is 4.57. The summed E-state index contributed by atoms with van der Waals surface area (Å²) in [5, 5.41) is 0.319. The van der Waals surface area contributed by atoms with Crippen LogP contribution in [0.4, 0.5) is 0 Å². The van der Waals surface area contributed by atoms with Crippen molar-refractivity contribution in [3.63, 3.8) is 0 Å². The summed E-state index contributed by atoms with van der Waals surface area (Å²) in [6, 6.07) is 4.95. The van der Waals surface area contributed by atoms with Gasteiger partial charge in [0, 0.05) is 13.1 Å². The average Bonchev–Trinajstić information content (AvgIpc) is 2.35. The Morgan fingerprint density at radius 2 is 2.17 bits per heavy atom. The van der Waals surface area contributed by atoms with Gasteiger partial charge >= 0.3 is 0 Å². The Morgan fingerprint density at radius 1 is 1.50 bits per heavy atom. The third kappa shape index (κ3) is 3.47. The maximum absolute atomic E-state index is 11.7. The number of aldehydes is 1. The summed E-state index contributed by atoms with van der Waals surface area (Å²) in [6.07, 6.45) is 0.651. The Kier molecular flexibility index (Phi) is 5.16. The second-order valence-electron chi connectivity index (χ2n) is 4.16. The van der Waals surface area contributed by atoms with Gasteiger partial charge in [0.25, 0.3) is 5.91 Å².